The average Bonchev–Trinajstić information content (AvgIpc) is 2.79. The summed E-state index contributed by atoms with van der Waals surface area (Å²) in [5.74, 6) is 0. The highest BCUT2D eigenvalue weighted by Gasteiger charge is 2.31. The van der Waals surface area contributed by atoms with Crippen LogP contribution in [0.15, 0.2) is 59.5 Å². The lowest BCUT2D eigenvalue weighted by Crippen LogP contribution is -2.54. The van der Waals surface area contributed by atoms with Crippen molar-refractivity contribution >= 4 is 16.1 Å². The molecule has 1 fully saturated rings. The lowest BCUT2D eigenvalue weighted by molar-refractivity contribution is 0.168. The summed E-state index contributed by atoms with van der Waals surface area (Å²) in [6.45, 7) is 7.45. The molecule has 8 heteroatoms. The quantitative estimate of drug-likeness (QED) is 0.724. The van der Waals surface area contributed by atoms with Crippen LogP contribution >= 0.6 is 0 Å². The summed E-state index contributed by atoms with van der Waals surface area (Å²) in [5.41, 5.74) is 1.56. The van der Waals surface area contributed by atoms with E-state index in [1.54, 1.807) is 4.90 Å². The zero-order valence-electron chi connectivity index (χ0n) is 18.8. The van der Waals surface area contributed by atoms with Crippen molar-refractivity contribution in [1.82, 2.24) is 14.5 Å². The van der Waals surface area contributed by atoms with Crippen molar-refractivity contribution in [3.8, 4) is 6.07 Å². The van der Waals surface area contributed by atoms with E-state index in [4.69, 9.17) is 5.26 Å². The van der Waals surface area contributed by atoms with E-state index in [-0.39, 0.29) is 35.5 Å². The molecular weight excluding hydrogens is 424 g/mol. The van der Waals surface area contributed by atoms with Gasteiger partial charge in [-0.05, 0) is 48.6 Å². The summed E-state index contributed by atoms with van der Waals surface area (Å²) >= 11 is 0. The van der Waals surface area contributed by atoms with Gasteiger partial charge in [0.15, 0.2) is 0 Å². The second-order valence-corrected chi connectivity index (χ2v) is 10.8. The molecular formula is C24H30N4O3S. The number of nitriles is 1. The predicted molar refractivity (Wildman–Crippen MR) is 124 cm³/mol. The first-order chi connectivity index (χ1) is 15.1. The fourth-order valence-electron chi connectivity index (χ4n) is 4.11. The molecule has 0 aromatic heterocycles. The first kappa shape index (κ1) is 23.8. The molecule has 2 aromatic carbocycles. The monoisotopic (exact) mass is 454 g/mol. The van der Waals surface area contributed by atoms with Gasteiger partial charge in [0, 0.05) is 32.2 Å². The van der Waals surface area contributed by atoms with Crippen LogP contribution in [0.25, 0.3) is 0 Å². The third-order valence-corrected chi connectivity index (χ3v) is 7.80. The maximum atomic E-state index is 12.9. The normalized spacial score (nSPS) is 16.2. The Labute approximate surface area is 190 Å². The third-order valence-electron chi connectivity index (χ3n) is 5.89. The Bertz CT molecular complexity index is 1070. The Balaban J connectivity index is 1.54. The van der Waals surface area contributed by atoms with Crippen molar-refractivity contribution in [1.29, 1.82) is 5.26 Å². The Morgan fingerprint density at radius 1 is 1.06 bits per heavy atom. The number of carbonyl (C=O) groups is 1. The predicted octanol–water partition coefficient (Wildman–Crippen LogP) is 3.33. The summed E-state index contributed by atoms with van der Waals surface area (Å²) in [6.07, 6.45) is 0.787. The summed E-state index contributed by atoms with van der Waals surface area (Å²) in [5, 5.41) is 12.0. The topological polar surface area (TPSA) is 93.5 Å². The van der Waals surface area contributed by atoms with Crippen molar-refractivity contribution in [2.24, 2.45) is 0 Å². The van der Waals surface area contributed by atoms with Gasteiger partial charge in [0.2, 0.25) is 10.0 Å². The number of urea groups is 1. The second kappa shape index (κ2) is 9.72. The molecule has 1 heterocycles. The molecule has 1 atom stereocenters. The fraction of sp³-hybridized carbons (Fsp3) is 0.417. The summed E-state index contributed by atoms with van der Waals surface area (Å²) < 4.78 is 27.1. The van der Waals surface area contributed by atoms with Gasteiger partial charge in [-0.15, -0.1) is 0 Å². The van der Waals surface area contributed by atoms with Gasteiger partial charge in [0.25, 0.3) is 0 Å². The number of nitrogens with one attached hydrogen (secondary N) is 1. The standard InChI is InChI=1S/C24H30N4O3S/c1-19(17-24(2,3)21-7-5-4-6-8-21)26-23(29)27-13-15-28(16-14-27)32(30,31)22-11-9-20(18-25)10-12-22/h4-12,19H,13-17H2,1-3H3,(H,26,29). The van der Waals surface area contributed by atoms with Gasteiger partial charge in [-0.1, -0.05) is 44.2 Å². The van der Waals surface area contributed by atoms with Gasteiger partial charge < -0.3 is 10.2 Å². The van der Waals surface area contributed by atoms with Crippen LogP contribution in [-0.4, -0.2) is 55.9 Å². The zero-order chi connectivity index (χ0) is 23.4. The molecule has 1 aliphatic rings. The van der Waals surface area contributed by atoms with E-state index in [2.05, 4.69) is 31.3 Å². The van der Waals surface area contributed by atoms with Crippen LogP contribution in [0.1, 0.15) is 38.3 Å². The van der Waals surface area contributed by atoms with Crippen molar-refractivity contribution in [2.75, 3.05) is 26.2 Å². The molecule has 2 aromatic rings. The molecule has 170 valence electrons. The maximum Gasteiger partial charge on any atom is 0.317 e. The van der Waals surface area contributed by atoms with Gasteiger partial charge in [0.1, 0.15) is 0 Å². The summed E-state index contributed by atoms with van der Waals surface area (Å²) in [4.78, 5) is 14.6. The lowest BCUT2D eigenvalue weighted by Gasteiger charge is -2.35. The molecule has 7 nitrogen and oxygen atoms in total. The van der Waals surface area contributed by atoms with Crippen LogP contribution in [0.3, 0.4) is 0 Å². The Morgan fingerprint density at radius 3 is 2.22 bits per heavy atom. The number of nitrogens with zero attached hydrogens (tertiary/aromatic N) is 3. The number of rotatable bonds is 6. The minimum Gasteiger partial charge on any atom is -0.336 e. The number of hydrogen-bond acceptors (Lipinski definition) is 4. The van der Waals surface area contributed by atoms with Crippen LogP contribution in [0.5, 0.6) is 0 Å². The first-order valence-corrected chi connectivity index (χ1v) is 12.2. The van der Waals surface area contributed by atoms with Crippen molar-refractivity contribution < 1.29 is 13.2 Å². The van der Waals surface area contributed by atoms with E-state index in [1.807, 2.05) is 31.2 Å². The van der Waals surface area contributed by atoms with E-state index in [1.165, 1.54) is 34.1 Å². The fourth-order valence-corrected chi connectivity index (χ4v) is 5.53. The van der Waals surface area contributed by atoms with Gasteiger partial charge in [0.05, 0.1) is 16.5 Å². The smallest absolute Gasteiger partial charge is 0.317 e. The van der Waals surface area contributed by atoms with Crippen molar-refractivity contribution in [3.63, 3.8) is 0 Å². The molecule has 1 saturated heterocycles. The molecule has 0 spiro atoms. The highest BCUT2D eigenvalue weighted by atomic mass is 32.2. The van der Waals surface area contributed by atoms with Gasteiger partial charge >= 0.3 is 6.03 Å². The van der Waals surface area contributed by atoms with Crippen LogP contribution in [0.4, 0.5) is 4.79 Å². The van der Waals surface area contributed by atoms with E-state index >= 15 is 0 Å². The average molecular weight is 455 g/mol. The minimum atomic E-state index is -3.65. The zero-order valence-corrected chi connectivity index (χ0v) is 19.6. The SMILES string of the molecule is CC(CC(C)(C)c1ccccc1)NC(=O)N1CCN(S(=O)(=O)c2ccc(C#N)cc2)CC1. The molecule has 0 aliphatic carbocycles. The summed E-state index contributed by atoms with van der Waals surface area (Å²) in [6, 6.07) is 17.9. The number of hydrogen-bond donors (Lipinski definition) is 1. The highest BCUT2D eigenvalue weighted by molar-refractivity contribution is 7.89. The highest BCUT2D eigenvalue weighted by Crippen LogP contribution is 2.28. The van der Waals surface area contributed by atoms with Gasteiger partial charge in [-0.25, -0.2) is 13.2 Å². The third kappa shape index (κ3) is 5.47. The summed E-state index contributed by atoms with van der Waals surface area (Å²) in [7, 11) is -3.65. The Morgan fingerprint density at radius 2 is 1.66 bits per heavy atom. The Hall–Kier alpha value is -2.89. The molecule has 32 heavy (non-hydrogen) atoms. The first-order valence-electron chi connectivity index (χ1n) is 10.7. The molecule has 0 saturated carbocycles. The number of carbonyl (C=O) groups excluding carboxylic acids is 1. The molecule has 0 radical (unpaired) electrons. The molecule has 1 aliphatic heterocycles. The number of amides is 2. The van der Waals surface area contributed by atoms with Crippen LogP contribution in [-0.2, 0) is 15.4 Å². The molecule has 3 rings (SSSR count). The van der Waals surface area contributed by atoms with Gasteiger partial charge in [-0.3, -0.25) is 0 Å². The van der Waals surface area contributed by atoms with Gasteiger partial charge in [-0.2, -0.15) is 9.57 Å². The minimum absolute atomic E-state index is 0.0295. The van der Waals surface area contributed by atoms with E-state index in [9.17, 15) is 13.2 Å². The van der Waals surface area contributed by atoms with Crippen LogP contribution < -0.4 is 5.32 Å². The molecule has 2 amide bonds. The van der Waals surface area contributed by atoms with Crippen molar-refractivity contribution in [3.05, 3.63) is 65.7 Å². The van der Waals surface area contributed by atoms with E-state index in [0.29, 0.717) is 18.7 Å². The van der Waals surface area contributed by atoms with E-state index < -0.39 is 10.0 Å². The number of benzene rings is 2. The lowest BCUT2D eigenvalue weighted by atomic mass is 9.79. The van der Waals surface area contributed by atoms with Crippen molar-refractivity contribution in [2.45, 2.75) is 43.5 Å². The van der Waals surface area contributed by atoms with Crippen LogP contribution in [0.2, 0.25) is 0 Å². The molecule has 1 unspecified atom stereocenters. The Kier molecular flexibility index (Phi) is 7.22. The maximum absolute atomic E-state index is 12.9. The largest absolute Gasteiger partial charge is 0.336 e. The van der Waals surface area contributed by atoms with Crippen LogP contribution in [0, 0.1) is 11.3 Å². The van der Waals surface area contributed by atoms with E-state index in [0.717, 1.165) is 6.42 Å². The number of piperazine rings is 1. The molecule has 0 bridgehead atoms. The second-order valence-electron chi connectivity index (χ2n) is 8.83. The number of sulfonamides is 1. The molecule has 1 N–H and O–H groups in total.